The number of hydrogen-bond acceptors (Lipinski definition) is 3. The van der Waals surface area contributed by atoms with E-state index in [0.717, 1.165) is 24.2 Å². The summed E-state index contributed by atoms with van der Waals surface area (Å²) < 4.78 is 5.86. The lowest BCUT2D eigenvalue weighted by Crippen LogP contribution is -2.14. The smallest absolute Gasteiger partial charge is 0.120 e. The van der Waals surface area contributed by atoms with Gasteiger partial charge < -0.3 is 9.94 Å². The maximum absolute atomic E-state index is 8.82. The Balaban J connectivity index is 1.72. The summed E-state index contributed by atoms with van der Waals surface area (Å²) in [5.41, 5.74) is 7.13. The summed E-state index contributed by atoms with van der Waals surface area (Å²) in [5.74, 6) is 0.882. The van der Waals surface area contributed by atoms with Crippen molar-refractivity contribution in [3.05, 3.63) is 70.8 Å². The van der Waals surface area contributed by atoms with Crippen LogP contribution < -0.4 is 10.2 Å². The molecule has 0 aliphatic heterocycles. The first-order chi connectivity index (χ1) is 10.3. The molecule has 108 valence electrons. The molecule has 2 N–H and O–H groups in total. The van der Waals surface area contributed by atoms with E-state index in [1.165, 1.54) is 16.7 Å². The molecule has 0 amide bonds. The van der Waals surface area contributed by atoms with Gasteiger partial charge in [-0.25, -0.2) is 5.48 Å². The molecule has 0 spiro atoms. The maximum atomic E-state index is 8.82. The largest absolute Gasteiger partial charge is 0.489 e. The summed E-state index contributed by atoms with van der Waals surface area (Å²) in [7, 11) is 0. The molecule has 0 aromatic heterocycles. The summed E-state index contributed by atoms with van der Waals surface area (Å²) in [6.45, 7) is 1.10. The van der Waals surface area contributed by atoms with Crippen LogP contribution in [-0.2, 0) is 13.0 Å². The van der Waals surface area contributed by atoms with Crippen molar-refractivity contribution in [1.29, 1.82) is 0 Å². The summed E-state index contributed by atoms with van der Waals surface area (Å²) >= 11 is 0. The van der Waals surface area contributed by atoms with Gasteiger partial charge >= 0.3 is 0 Å². The lowest BCUT2D eigenvalue weighted by Gasteiger charge is -2.17. The van der Waals surface area contributed by atoms with Crippen LogP contribution in [-0.4, -0.2) is 11.8 Å². The Labute approximate surface area is 124 Å². The van der Waals surface area contributed by atoms with Crippen molar-refractivity contribution in [3.8, 4) is 5.75 Å². The van der Waals surface area contributed by atoms with Gasteiger partial charge in [0.15, 0.2) is 0 Å². The quantitative estimate of drug-likeness (QED) is 0.823. The molecule has 2 aromatic rings. The zero-order valence-corrected chi connectivity index (χ0v) is 11.9. The number of hydrogen-bond donors (Lipinski definition) is 2. The second-order valence-corrected chi connectivity index (χ2v) is 5.27. The van der Waals surface area contributed by atoms with Crippen LogP contribution >= 0.6 is 0 Å². The number of hydroxylamine groups is 1. The fourth-order valence-electron chi connectivity index (χ4n) is 2.59. The van der Waals surface area contributed by atoms with E-state index in [0.29, 0.717) is 13.2 Å². The fraction of sp³-hybridized carbons (Fsp3) is 0.222. The van der Waals surface area contributed by atoms with Crippen LogP contribution in [0.1, 0.15) is 23.1 Å². The molecule has 3 rings (SSSR count). The molecule has 2 aromatic carbocycles. The van der Waals surface area contributed by atoms with Gasteiger partial charge in [-0.2, -0.15) is 0 Å². The molecule has 0 bridgehead atoms. The average molecular weight is 281 g/mol. The van der Waals surface area contributed by atoms with E-state index in [4.69, 9.17) is 9.94 Å². The standard InChI is InChI=1S/C18H19NO2/c20-19-12-15-6-7-16-8-9-18(11-17(16)10-15)21-13-14-4-2-1-3-5-14/h1-5,8-11,19-20H,6-7,12-13H2. The van der Waals surface area contributed by atoms with E-state index in [2.05, 4.69) is 35.8 Å². The van der Waals surface area contributed by atoms with E-state index < -0.39 is 0 Å². The third-order valence-corrected chi connectivity index (χ3v) is 3.75. The number of ether oxygens (including phenoxy) is 1. The molecule has 3 heteroatoms. The molecule has 0 fully saturated rings. The first kappa shape index (κ1) is 13.9. The minimum atomic E-state index is 0.522. The highest BCUT2D eigenvalue weighted by Gasteiger charge is 2.11. The lowest BCUT2D eigenvalue weighted by molar-refractivity contribution is 0.176. The summed E-state index contributed by atoms with van der Waals surface area (Å²) in [6, 6.07) is 16.4. The number of nitrogens with one attached hydrogen (secondary N) is 1. The Bertz CT molecular complexity index is 635. The van der Waals surface area contributed by atoms with Gasteiger partial charge in [0.2, 0.25) is 0 Å². The van der Waals surface area contributed by atoms with Crippen LogP contribution in [0.3, 0.4) is 0 Å². The van der Waals surface area contributed by atoms with Gasteiger partial charge in [0.25, 0.3) is 0 Å². The van der Waals surface area contributed by atoms with Gasteiger partial charge in [-0.05, 0) is 41.7 Å². The van der Waals surface area contributed by atoms with E-state index >= 15 is 0 Å². The molecule has 1 aliphatic carbocycles. The predicted octanol–water partition coefficient (Wildman–Crippen LogP) is 3.57. The Kier molecular flexibility index (Phi) is 4.34. The summed E-state index contributed by atoms with van der Waals surface area (Å²) in [6.07, 6.45) is 4.14. The van der Waals surface area contributed by atoms with Gasteiger partial charge in [-0.3, -0.25) is 0 Å². The fourth-order valence-corrected chi connectivity index (χ4v) is 2.59. The highest BCUT2D eigenvalue weighted by Crippen LogP contribution is 2.27. The SMILES string of the molecule is ONCC1=Cc2cc(OCc3ccccc3)ccc2CC1. The van der Waals surface area contributed by atoms with Gasteiger partial charge in [-0.1, -0.05) is 48.0 Å². The van der Waals surface area contributed by atoms with Crippen molar-refractivity contribution in [2.24, 2.45) is 0 Å². The van der Waals surface area contributed by atoms with Crippen LogP contribution in [0, 0.1) is 0 Å². The van der Waals surface area contributed by atoms with Crippen molar-refractivity contribution in [1.82, 2.24) is 5.48 Å². The van der Waals surface area contributed by atoms with Crippen LogP contribution in [0.25, 0.3) is 6.08 Å². The third kappa shape index (κ3) is 3.51. The Hall–Kier alpha value is -2.10. The van der Waals surface area contributed by atoms with Gasteiger partial charge in [0.1, 0.15) is 12.4 Å². The third-order valence-electron chi connectivity index (χ3n) is 3.75. The van der Waals surface area contributed by atoms with Crippen molar-refractivity contribution in [2.45, 2.75) is 19.4 Å². The van der Waals surface area contributed by atoms with E-state index in [9.17, 15) is 0 Å². The second kappa shape index (κ2) is 6.57. The first-order valence-electron chi connectivity index (χ1n) is 7.21. The average Bonchev–Trinajstić information content (AvgIpc) is 2.54. The Morgan fingerprint density at radius 1 is 1.05 bits per heavy atom. The molecule has 3 nitrogen and oxygen atoms in total. The van der Waals surface area contributed by atoms with Crippen molar-refractivity contribution >= 4 is 6.08 Å². The minimum absolute atomic E-state index is 0.522. The molecule has 0 atom stereocenters. The van der Waals surface area contributed by atoms with E-state index in [1.807, 2.05) is 24.3 Å². The highest BCUT2D eigenvalue weighted by atomic mass is 16.5. The van der Waals surface area contributed by atoms with Crippen LogP contribution in [0.4, 0.5) is 0 Å². The molecule has 0 unspecified atom stereocenters. The maximum Gasteiger partial charge on any atom is 0.120 e. The highest BCUT2D eigenvalue weighted by molar-refractivity contribution is 5.61. The number of rotatable bonds is 5. The van der Waals surface area contributed by atoms with Crippen LogP contribution in [0.15, 0.2) is 54.1 Å². The summed E-state index contributed by atoms with van der Waals surface area (Å²) in [4.78, 5) is 0. The van der Waals surface area contributed by atoms with E-state index in [-0.39, 0.29) is 0 Å². The minimum Gasteiger partial charge on any atom is -0.489 e. The Morgan fingerprint density at radius 2 is 1.90 bits per heavy atom. The van der Waals surface area contributed by atoms with Crippen molar-refractivity contribution < 1.29 is 9.94 Å². The zero-order valence-electron chi connectivity index (χ0n) is 11.9. The molecule has 21 heavy (non-hydrogen) atoms. The molecule has 0 heterocycles. The van der Waals surface area contributed by atoms with Crippen LogP contribution in [0.2, 0.25) is 0 Å². The number of fused-ring (bicyclic) bond motifs is 1. The first-order valence-corrected chi connectivity index (χ1v) is 7.21. The van der Waals surface area contributed by atoms with Gasteiger partial charge in [-0.15, -0.1) is 0 Å². The molecule has 0 saturated carbocycles. The lowest BCUT2D eigenvalue weighted by atomic mass is 9.92. The normalized spacial score (nSPS) is 13.5. The predicted molar refractivity (Wildman–Crippen MR) is 83.3 cm³/mol. The molecular formula is C18H19NO2. The Morgan fingerprint density at radius 3 is 2.71 bits per heavy atom. The van der Waals surface area contributed by atoms with Crippen molar-refractivity contribution in [3.63, 3.8) is 0 Å². The number of aryl methyl sites for hydroxylation is 1. The molecule has 0 radical (unpaired) electrons. The van der Waals surface area contributed by atoms with Gasteiger partial charge in [0.05, 0.1) is 0 Å². The van der Waals surface area contributed by atoms with Gasteiger partial charge in [0, 0.05) is 6.54 Å². The topological polar surface area (TPSA) is 41.5 Å². The van der Waals surface area contributed by atoms with E-state index in [1.54, 1.807) is 0 Å². The number of benzene rings is 2. The molecule has 1 aliphatic rings. The van der Waals surface area contributed by atoms with Crippen LogP contribution in [0.5, 0.6) is 5.75 Å². The monoisotopic (exact) mass is 281 g/mol. The second-order valence-electron chi connectivity index (χ2n) is 5.27. The molecule has 0 saturated heterocycles. The summed E-state index contributed by atoms with van der Waals surface area (Å²) in [5, 5.41) is 8.82. The zero-order chi connectivity index (χ0) is 14.5. The molecular weight excluding hydrogens is 262 g/mol. The van der Waals surface area contributed by atoms with Crippen molar-refractivity contribution in [2.75, 3.05) is 6.54 Å².